The van der Waals surface area contributed by atoms with Crippen molar-refractivity contribution in [3.05, 3.63) is 90.8 Å². The Morgan fingerprint density at radius 2 is 1.70 bits per heavy atom. The van der Waals surface area contributed by atoms with E-state index in [1.54, 1.807) is 0 Å². The zero-order valence-electron chi connectivity index (χ0n) is 16.5. The number of amides is 1. The van der Waals surface area contributed by atoms with Gasteiger partial charge in [-0.25, -0.2) is 9.97 Å². The predicted octanol–water partition coefficient (Wildman–Crippen LogP) is 5.50. The Balaban J connectivity index is 1.68. The van der Waals surface area contributed by atoms with Crippen LogP contribution in [0.25, 0.3) is 10.9 Å². The second kappa shape index (κ2) is 9.41. The Labute approximate surface area is 179 Å². The highest BCUT2D eigenvalue weighted by atomic mass is 32.2. The number of ether oxygens (including phenoxy) is 1. The van der Waals surface area contributed by atoms with Crippen molar-refractivity contribution in [3.8, 4) is 5.75 Å². The van der Waals surface area contributed by atoms with Crippen molar-refractivity contribution in [2.45, 2.75) is 17.2 Å². The number of thioether (sulfide) groups is 1. The maximum Gasteiger partial charge on any atom is 0.242 e. The number of hydrogen-bond acceptors (Lipinski definition) is 5. The summed E-state index contributed by atoms with van der Waals surface area (Å²) in [6.45, 7) is 2.44. The number of para-hydroxylation sites is 3. The molecule has 4 rings (SSSR count). The lowest BCUT2D eigenvalue weighted by Crippen LogP contribution is -2.19. The molecule has 0 spiro atoms. The number of benzene rings is 3. The first-order valence-electron chi connectivity index (χ1n) is 9.70. The molecule has 5 nitrogen and oxygen atoms in total. The summed E-state index contributed by atoms with van der Waals surface area (Å²) >= 11 is 1.41. The third-order valence-electron chi connectivity index (χ3n) is 4.52. The van der Waals surface area contributed by atoms with Crippen molar-refractivity contribution in [2.24, 2.45) is 0 Å². The van der Waals surface area contributed by atoms with E-state index in [4.69, 9.17) is 4.74 Å². The van der Waals surface area contributed by atoms with Gasteiger partial charge in [0.1, 0.15) is 22.4 Å². The fourth-order valence-corrected chi connectivity index (χ4v) is 4.23. The van der Waals surface area contributed by atoms with E-state index in [1.807, 2.05) is 85.8 Å². The number of nitrogens with one attached hydrogen (secondary N) is 1. The van der Waals surface area contributed by atoms with Gasteiger partial charge in [-0.1, -0.05) is 72.4 Å². The van der Waals surface area contributed by atoms with Gasteiger partial charge in [-0.05, 0) is 30.7 Å². The first-order valence-corrected chi connectivity index (χ1v) is 10.6. The number of carbonyl (C=O) groups excluding carboxylic acids is 1. The smallest absolute Gasteiger partial charge is 0.242 e. The first-order chi connectivity index (χ1) is 14.8. The van der Waals surface area contributed by atoms with Crippen LogP contribution in [0.15, 0.2) is 90.2 Å². The number of anilines is 1. The number of rotatable bonds is 7. The van der Waals surface area contributed by atoms with E-state index in [-0.39, 0.29) is 5.91 Å². The molecule has 1 atom stereocenters. The summed E-state index contributed by atoms with van der Waals surface area (Å²) in [5.74, 6) is 0.513. The fraction of sp³-hybridized carbons (Fsp3) is 0.125. The van der Waals surface area contributed by atoms with Gasteiger partial charge in [0.2, 0.25) is 5.91 Å². The minimum absolute atomic E-state index is 0.138. The number of nitrogens with zero attached hydrogens (tertiary/aromatic N) is 2. The highest BCUT2D eigenvalue weighted by Gasteiger charge is 2.24. The molecule has 0 saturated heterocycles. The van der Waals surface area contributed by atoms with Crippen LogP contribution in [-0.2, 0) is 4.79 Å². The van der Waals surface area contributed by atoms with E-state index in [1.165, 1.54) is 18.1 Å². The normalized spacial score (nSPS) is 11.8. The largest absolute Gasteiger partial charge is 0.492 e. The van der Waals surface area contributed by atoms with E-state index in [2.05, 4.69) is 15.3 Å². The van der Waals surface area contributed by atoms with Gasteiger partial charge in [-0.15, -0.1) is 0 Å². The van der Waals surface area contributed by atoms with E-state index in [9.17, 15) is 4.79 Å². The molecular weight excluding hydrogens is 394 g/mol. The summed E-state index contributed by atoms with van der Waals surface area (Å²) in [7, 11) is 0. The zero-order valence-corrected chi connectivity index (χ0v) is 17.3. The third-order valence-corrected chi connectivity index (χ3v) is 5.79. The fourth-order valence-electron chi connectivity index (χ4n) is 3.14. The van der Waals surface area contributed by atoms with Crippen molar-refractivity contribution >= 4 is 34.3 Å². The second-order valence-electron chi connectivity index (χ2n) is 6.52. The van der Waals surface area contributed by atoms with Crippen molar-refractivity contribution in [2.75, 3.05) is 11.9 Å². The van der Waals surface area contributed by atoms with Crippen LogP contribution in [-0.4, -0.2) is 22.5 Å². The summed E-state index contributed by atoms with van der Waals surface area (Å²) in [4.78, 5) is 22.2. The molecule has 1 aromatic heterocycles. The van der Waals surface area contributed by atoms with Crippen LogP contribution in [0.4, 0.5) is 5.69 Å². The molecule has 3 aromatic carbocycles. The van der Waals surface area contributed by atoms with Gasteiger partial charge >= 0.3 is 0 Å². The van der Waals surface area contributed by atoms with Crippen LogP contribution < -0.4 is 10.1 Å². The summed E-state index contributed by atoms with van der Waals surface area (Å²) in [5.41, 5.74) is 2.40. The number of aromatic nitrogens is 2. The molecule has 0 aliphatic heterocycles. The summed E-state index contributed by atoms with van der Waals surface area (Å²) < 4.78 is 5.66. The van der Waals surface area contributed by atoms with Gasteiger partial charge in [-0.2, -0.15) is 0 Å². The molecule has 30 heavy (non-hydrogen) atoms. The molecule has 150 valence electrons. The average molecular weight is 416 g/mol. The monoisotopic (exact) mass is 415 g/mol. The van der Waals surface area contributed by atoms with E-state index in [0.29, 0.717) is 18.0 Å². The highest BCUT2D eigenvalue weighted by Crippen LogP contribution is 2.38. The number of fused-ring (bicyclic) bond motifs is 1. The van der Waals surface area contributed by atoms with Crippen molar-refractivity contribution in [1.29, 1.82) is 0 Å². The molecule has 0 fully saturated rings. The van der Waals surface area contributed by atoms with Gasteiger partial charge in [0.15, 0.2) is 0 Å². The van der Waals surface area contributed by atoms with Crippen LogP contribution in [0.5, 0.6) is 5.75 Å². The molecule has 0 bridgehead atoms. The van der Waals surface area contributed by atoms with Crippen LogP contribution >= 0.6 is 11.8 Å². The molecule has 0 radical (unpaired) electrons. The molecule has 0 unspecified atom stereocenters. The Hall–Kier alpha value is -3.38. The van der Waals surface area contributed by atoms with Crippen LogP contribution in [0.3, 0.4) is 0 Å². The maximum atomic E-state index is 13.4. The molecule has 0 aliphatic rings. The minimum atomic E-state index is -0.487. The lowest BCUT2D eigenvalue weighted by atomic mass is 10.1. The summed E-state index contributed by atoms with van der Waals surface area (Å²) in [5, 5.41) is 4.24. The molecular formula is C24H21N3O2S. The Bertz CT molecular complexity index is 1150. The van der Waals surface area contributed by atoms with Crippen molar-refractivity contribution < 1.29 is 9.53 Å². The van der Waals surface area contributed by atoms with E-state index >= 15 is 0 Å². The van der Waals surface area contributed by atoms with Crippen LogP contribution in [0.1, 0.15) is 17.7 Å². The molecule has 6 heteroatoms. The highest BCUT2D eigenvalue weighted by molar-refractivity contribution is 8.00. The zero-order chi connectivity index (χ0) is 20.8. The second-order valence-corrected chi connectivity index (χ2v) is 7.62. The Kier molecular flexibility index (Phi) is 6.25. The first kappa shape index (κ1) is 19.9. The van der Waals surface area contributed by atoms with Gasteiger partial charge in [0, 0.05) is 5.39 Å². The molecule has 0 saturated carbocycles. The lowest BCUT2D eigenvalue weighted by molar-refractivity contribution is -0.115. The van der Waals surface area contributed by atoms with Gasteiger partial charge in [-0.3, -0.25) is 4.79 Å². The standard InChI is InChI=1S/C24H21N3O2S/c1-2-29-21-15-9-8-14-20(21)27-23(28)22(17-10-4-3-5-11-17)30-24-18-12-6-7-13-19(18)25-16-26-24/h3-16,22H,2H2,1H3,(H,27,28)/t22-/m1/s1. The molecule has 0 aliphatic carbocycles. The quantitative estimate of drug-likeness (QED) is 0.319. The minimum Gasteiger partial charge on any atom is -0.492 e. The predicted molar refractivity (Wildman–Crippen MR) is 121 cm³/mol. The van der Waals surface area contributed by atoms with Crippen molar-refractivity contribution in [3.63, 3.8) is 0 Å². The van der Waals surface area contributed by atoms with Crippen LogP contribution in [0, 0.1) is 0 Å². The van der Waals surface area contributed by atoms with E-state index in [0.717, 1.165) is 21.5 Å². The molecule has 1 heterocycles. The van der Waals surface area contributed by atoms with E-state index < -0.39 is 5.25 Å². The molecule has 4 aromatic rings. The Morgan fingerprint density at radius 3 is 2.53 bits per heavy atom. The third kappa shape index (κ3) is 4.44. The van der Waals surface area contributed by atoms with Gasteiger partial charge in [0.05, 0.1) is 17.8 Å². The molecule has 1 amide bonds. The van der Waals surface area contributed by atoms with Gasteiger partial charge < -0.3 is 10.1 Å². The van der Waals surface area contributed by atoms with Crippen molar-refractivity contribution in [1.82, 2.24) is 9.97 Å². The topological polar surface area (TPSA) is 64.1 Å². The number of carbonyl (C=O) groups is 1. The summed E-state index contributed by atoms with van der Waals surface area (Å²) in [6.07, 6.45) is 1.54. The summed E-state index contributed by atoms with van der Waals surface area (Å²) in [6, 6.07) is 25.0. The average Bonchev–Trinajstić information content (AvgIpc) is 2.79. The molecule has 1 N–H and O–H groups in total. The SMILES string of the molecule is CCOc1ccccc1NC(=O)[C@H](Sc1ncnc2ccccc12)c1ccccc1. The lowest BCUT2D eigenvalue weighted by Gasteiger charge is -2.18. The van der Waals surface area contributed by atoms with Crippen LogP contribution in [0.2, 0.25) is 0 Å². The number of hydrogen-bond donors (Lipinski definition) is 1. The van der Waals surface area contributed by atoms with Gasteiger partial charge in [0.25, 0.3) is 0 Å². The Morgan fingerprint density at radius 1 is 0.967 bits per heavy atom. The maximum absolute atomic E-state index is 13.4.